The third-order valence-corrected chi connectivity index (χ3v) is 9.13. The first-order valence-electron chi connectivity index (χ1n) is 12.2. The molecular formula is C26H40O5. The standard InChI is InChI=1S/C26H40O5/c1-16(28)30-18-10-13-26(15-27)17(14-18)6-7-19-20-8-9-22(31-23(29)24(2,3)4)25(20,5)12-11-21(19)26/h8,17-19,21-22,27H,6-7,9-15H2,1-5H3/t17?,18?,19-,21+,22?,25-,26+/m0/s1. The number of hydrogen-bond donors (Lipinski definition) is 1. The van der Waals surface area contributed by atoms with Crippen LogP contribution >= 0.6 is 0 Å². The molecular weight excluding hydrogens is 392 g/mol. The normalized spacial score (nSPS) is 42.0. The van der Waals surface area contributed by atoms with Crippen molar-refractivity contribution >= 4 is 11.9 Å². The van der Waals surface area contributed by atoms with Gasteiger partial charge in [-0.15, -0.1) is 0 Å². The van der Waals surface area contributed by atoms with Crippen molar-refractivity contribution in [2.24, 2.45) is 34.0 Å². The van der Waals surface area contributed by atoms with Crippen LogP contribution in [0.3, 0.4) is 0 Å². The molecule has 3 saturated carbocycles. The molecule has 0 radical (unpaired) electrons. The number of esters is 2. The van der Waals surface area contributed by atoms with Gasteiger partial charge in [0.1, 0.15) is 12.2 Å². The third-order valence-electron chi connectivity index (χ3n) is 9.13. The van der Waals surface area contributed by atoms with E-state index in [4.69, 9.17) is 9.47 Å². The molecule has 3 fully saturated rings. The Kier molecular flexibility index (Phi) is 5.81. The topological polar surface area (TPSA) is 72.8 Å². The lowest BCUT2D eigenvalue weighted by molar-refractivity contribution is -0.168. The Morgan fingerprint density at radius 1 is 1.13 bits per heavy atom. The van der Waals surface area contributed by atoms with Gasteiger partial charge < -0.3 is 14.6 Å². The Morgan fingerprint density at radius 2 is 1.87 bits per heavy atom. The van der Waals surface area contributed by atoms with Crippen LogP contribution in [0.25, 0.3) is 0 Å². The van der Waals surface area contributed by atoms with Gasteiger partial charge in [-0.2, -0.15) is 0 Å². The first-order chi connectivity index (χ1) is 14.5. The summed E-state index contributed by atoms with van der Waals surface area (Å²) in [6.45, 7) is 9.74. The number of rotatable bonds is 3. The average molecular weight is 433 g/mol. The van der Waals surface area contributed by atoms with Gasteiger partial charge in [-0.05, 0) is 88.9 Å². The minimum absolute atomic E-state index is 0.000492. The van der Waals surface area contributed by atoms with E-state index in [2.05, 4.69) is 13.0 Å². The van der Waals surface area contributed by atoms with E-state index in [1.54, 1.807) is 0 Å². The smallest absolute Gasteiger partial charge is 0.311 e. The largest absolute Gasteiger partial charge is 0.463 e. The number of aliphatic hydroxyl groups is 1. The minimum atomic E-state index is -0.490. The van der Waals surface area contributed by atoms with Gasteiger partial charge in [0.05, 0.1) is 5.41 Å². The van der Waals surface area contributed by atoms with Crippen molar-refractivity contribution in [3.8, 4) is 0 Å². The van der Waals surface area contributed by atoms with E-state index < -0.39 is 5.41 Å². The van der Waals surface area contributed by atoms with Gasteiger partial charge in [-0.1, -0.05) is 18.6 Å². The van der Waals surface area contributed by atoms with Gasteiger partial charge in [-0.3, -0.25) is 9.59 Å². The second-order valence-corrected chi connectivity index (χ2v) is 11.9. The van der Waals surface area contributed by atoms with Crippen LogP contribution in [0.1, 0.15) is 86.0 Å². The van der Waals surface area contributed by atoms with Crippen LogP contribution in [0, 0.1) is 34.0 Å². The summed E-state index contributed by atoms with van der Waals surface area (Å²) in [6, 6.07) is 0. The lowest BCUT2D eigenvalue weighted by Gasteiger charge is -2.60. The Bertz CT molecular complexity index is 764. The summed E-state index contributed by atoms with van der Waals surface area (Å²) in [5.41, 5.74) is 0.835. The Hall–Kier alpha value is -1.36. The van der Waals surface area contributed by atoms with Crippen LogP contribution in [-0.2, 0) is 19.1 Å². The van der Waals surface area contributed by atoms with Crippen LogP contribution in [-0.4, -0.2) is 35.9 Å². The molecule has 0 aromatic rings. The van der Waals surface area contributed by atoms with E-state index in [0.717, 1.165) is 51.4 Å². The van der Waals surface area contributed by atoms with Crippen molar-refractivity contribution in [3.63, 3.8) is 0 Å². The number of ether oxygens (including phenoxy) is 2. The van der Waals surface area contributed by atoms with Gasteiger partial charge >= 0.3 is 11.9 Å². The molecule has 5 nitrogen and oxygen atoms in total. The summed E-state index contributed by atoms with van der Waals surface area (Å²) in [5.74, 6) is 1.03. The Balaban J connectivity index is 1.53. The summed E-state index contributed by atoms with van der Waals surface area (Å²) in [4.78, 5) is 24.1. The maximum absolute atomic E-state index is 12.6. The monoisotopic (exact) mass is 432 g/mol. The predicted molar refractivity (Wildman–Crippen MR) is 118 cm³/mol. The third kappa shape index (κ3) is 3.75. The summed E-state index contributed by atoms with van der Waals surface area (Å²) in [5, 5.41) is 10.7. The maximum Gasteiger partial charge on any atom is 0.311 e. The molecule has 0 aromatic heterocycles. The molecule has 0 saturated heterocycles. The Morgan fingerprint density at radius 3 is 2.52 bits per heavy atom. The molecule has 4 aliphatic carbocycles. The number of carbonyl (C=O) groups is 2. The number of fused-ring (bicyclic) bond motifs is 5. The molecule has 3 unspecified atom stereocenters. The van der Waals surface area contributed by atoms with Crippen molar-refractivity contribution in [2.45, 2.75) is 98.2 Å². The SMILES string of the molecule is CC(=O)OC1CC[C@@]2(CO)C(CC[C@H]3C4=CCC(OC(=O)C(C)(C)C)[C@@]4(C)CC[C@H]32)C1. The molecule has 7 atom stereocenters. The van der Waals surface area contributed by atoms with Crippen LogP contribution in [0.2, 0.25) is 0 Å². The molecule has 0 spiro atoms. The molecule has 0 aromatic carbocycles. The summed E-state index contributed by atoms with van der Waals surface area (Å²) in [7, 11) is 0. The molecule has 0 bridgehead atoms. The Labute approximate surface area is 186 Å². The van der Waals surface area contributed by atoms with Gasteiger partial charge in [0.2, 0.25) is 0 Å². The van der Waals surface area contributed by atoms with Crippen molar-refractivity contribution in [3.05, 3.63) is 11.6 Å². The van der Waals surface area contributed by atoms with E-state index in [1.165, 1.54) is 12.5 Å². The first kappa shape index (κ1) is 22.8. The van der Waals surface area contributed by atoms with Gasteiger partial charge in [0, 0.05) is 25.4 Å². The summed E-state index contributed by atoms with van der Waals surface area (Å²) in [6.07, 6.45) is 10.0. The lowest BCUT2D eigenvalue weighted by atomic mass is 9.46. The highest BCUT2D eigenvalue weighted by Gasteiger charge is 2.60. The molecule has 4 aliphatic rings. The fourth-order valence-corrected chi connectivity index (χ4v) is 7.44. The van der Waals surface area contributed by atoms with Gasteiger partial charge in [0.15, 0.2) is 0 Å². The van der Waals surface area contributed by atoms with E-state index in [1.807, 2.05) is 20.8 Å². The number of aliphatic hydroxyl groups excluding tert-OH is 1. The second kappa shape index (κ2) is 7.90. The molecule has 5 heteroatoms. The van der Waals surface area contributed by atoms with Crippen LogP contribution in [0.15, 0.2) is 11.6 Å². The van der Waals surface area contributed by atoms with Crippen molar-refractivity contribution < 1.29 is 24.2 Å². The van der Waals surface area contributed by atoms with Gasteiger partial charge in [0.25, 0.3) is 0 Å². The zero-order chi connectivity index (χ0) is 22.6. The van der Waals surface area contributed by atoms with Crippen LogP contribution < -0.4 is 0 Å². The molecule has 4 rings (SSSR count). The van der Waals surface area contributed by atoms with E-state index in [9.17, 15) is 14.7 Å². The van der Waals surface area contributed by atoms with Crippen molar-refractivity contribution in [2.75, 3.05) is 6.61 Å². The highest BCUT2D eigenvalue weighted by atomic mass is 16.5. The highest BCUT2D eigenvalue weighted by molar-refractivity contribution is 5.75. The zero-order valence-electron chi connectivity index (χ0n) is 19.9. The predicted octanol–water partition coefficient (Wildman–Crippen LogP) is 4.81. The number of hydrogen-bond acceptors (Lipinski definition) is 5. The van der Waals surface area contributed by atoms with E-state index in [-0.39, 0.29) is 41.6 Å². The van der Waals surface area contributed by atoms with E-state index in [0.29, 0.717) is 17.8 Å². The summed E-state index contributed by atoms with van der Waals surface area (Å²) >= 11 is 0. The fraction of sp³-hybridized carbons (Fsp3) is 0.846. The minimum Gasteiger partial charge on any atom is -0.463 e. The van der Waals surface area contributed by atoms with Crippen LogP contribution in [0.4, 0.5) is 0 Å². The van der Waals surface area contributed by atoms with Crippen molar-refractivity contribution in [1.82, 2.24) is 0 Å². The molecule has 0 heterocycles. The van der Waals surface area contributed by atoms with Gasteiger partial charge in [-0.25, -0.2) is 0 Å². The van der Waals surface area contributed by atoms with E-state index >= 15 is 0 Å². The van der Waals surface area contributed by atoms with Crippen molar-refractivity contribution in [1.29, 1.82) is 0 Å². The maximum atomic E-state index is 12.6. The number of carbonyl (C=O) groups excluding carboxylic acids is 2. The lowest BCUT2D eigenvalue weighted by Crippen LogP contribution is -2.55. The summed E-state index contributed by atoms with van der Waals surface area (Å²) < 4.78 is 11.6. The molecule has 1 N–H and O–H groups in total. The second-order valence-electron chi connectivity index (χ2n) is 11.9. The molecule has 174 valence electrons. The first-order valence-corrected chi connectivity index (χ1v) is 12.2. The zero-order valence-corrected chi connectivity index (χ0v) is 19.9. The quantitative estimate of drug-likeness (QED) is 0.512. The molecule has 31 heavy (non-hydrogen) atoms. The molecule has 0 amide bonds. The van der Waals surface area contributed by atoms with Crippen LogP contribution in [0.5, 0.6) is 0 Å². The fourth-order valence-electron chi connectivity index (χ4n) is 7.44. The average Bonchev–Trinajstić information content (AvgIpc) is 3.02. The molecule has 0 aliphatic heterocycles. The highest BCUT2D eigenvalue weighted by Crippen LogP contribution is 2.65.